The Labute approximate surface area is 357 Å². The number of aromatic nitrogens is 2. The van der Waals surface area contributed by atoms with Gasteiger partial charge in [-0.3, -0.25) is 0 Å². The summed E-state index contributed by atoms with van der Waals surface area (Å²) in [5, 5.41) is 13.5. The summed E-state index contributed by atoms with van der Waals surface area (Å²) in [6.45, 7) is 0. The van der Waals surface area contributed by atoms with E-state index in [1.807, 2.05) is 83.4 Å². The average molecular weight is 753 g/mol. The van der Waals surface area contributed by atoms with Crippen LogP contribution in [0.5, 0.6) is 0 Å². The van der Waals surface area contributed by atoms with Gasteiger partial charge in [-0.1, -0.05) is 139 Å². The van der Waals surface area contributed by atoms with E-state index < -0.39 is 90.6 Å². The lowest BCUT2D eigenvalue weighted by atomic mass is 9.84. The predicted molar refractivity (Wildman–Crippen MR) is 242 cm³/mol. The predicted octanol–water partition coefficient (Wildman–Crippen LogP) is 14.4. The van der Waals surface area contributed by atoms with E-state index >= 15 is 0 Å². The normalized spacial score (nSPS) is 15.1. The van der Waals surface area contributed by atoms with Gasteiger partial charge in [0.2, 0.25) is 0 Å². The number of hydrogen-bond donors (Lipinski definition) is 0. The number of fused-ring (bicyclic) bond motifs is 6. The monoisotopic (exact) mass is 752 g/mol. The van der Waals surface area contributed by atoms with Crippen LogP contribution < -0.4 is 0 Å². The minimum absolute atomic E-state index is 0.0731. The first kappa shape index (κ1) is 21.4. The summed E-state index contributed by atoms with van der Waals surface area (Å²) in [5.41, 5.74) is 4.55. The number of nitriles is 1. The number of benzene rings is 9. The van der Waals surface area contributed by atoms with Crippen molar-refractivity contribution < 1.29 is 20.6 Å². The number of hydrogen-bond acceptors (Lipinski definition) is 1. The Morgan fingerprint density at radius 2 is 0.879 bits per heavy atom. The molecule has 0 aliphatic rings. The van der Waals surface area contributed by atoms with Gasteiger partial charge >= 0.3 is 0 Å². The summed E-state index contributed by atoms with van der Waals surface area (Å²) in [6, 6.07) is 29.7. The van der Waals surface area contributed by atoms with Crippen LogP contribution in [0.25, 0.3) is 99.5 Å². The molecule has 2 aromatic heterocycles. The van der Waals surface area contributed by atoms with Crippen molar-refractivity contribution in [2.75, 3.05) is 0 Å². The zero-order chi connectivity index (χ0) is 51.6. The van der Waals surface area contributed by atoms with Gasteiger partial charge in [0.1, 0.15) is 0 Å². The highest BCUT2D eigenvalue weighted by atomic mass is 15.0. The third-order valence-electron chi connectivity index (χ3n) is 10.6. The van der Waals surface area contributed by atoms with Crippen LogP contribution in [0.4, 0.5) is 0 Å². The Bertz CT molecular complexity index is 4120. The maximum absolute atomic E-state index is 9.76. The summed E-state index contributed by atoms with van der Waals surface area (Å²) in [4.78, 5) is 0. The molecule has 270 valence electrons. The van der Waals surface area contributed by atoms with Gasteiger partial charge in [-0.2, -0.15) is 5.26 Å². The Balaban J connectivity index is 1.24. The maximum atomic E-state index is 9.76. The molecule has 11 rings (SSSR count). The van der Waals surface area contributed by atoms with E-state index in [0.717, 1.165) is 49.3 Å². The zero-order valence-corrected chi connectivity index (χ0v) is 30.4. The second-order valence-electron chi connectivity index (χ2n) is 13.7. The molecule has 58 heavy (non-hydrogen) atoms. The molecule has 0 aliphatic carbocycles. The van der Waals surface area contributed by atoms with Gasteiger partial charge in [0, 0.05) is 32.9 Å². The Kier molecular flexibility index (Phi) is 5.04. The molecule has 3 heteroatoms. The third-order valence-corrected chi connectivity index (χ3v) is 10.6. The van der Waals surface area contributed by atoms with E-state index in [4.69, 9.17) is 15.1 Å². The fraction of sp³-hybridized carbons (Fsp3) is 0. The van der Waals surface area contributed by atoms with Gasteiger partial charge in [0.25, 0.3) is 0 Å². The average Bonchev–Trinajstić information content (AvgIpc) is 3.92. The molecule has 0 spiro atoms. The molecule has 0 saturated heterocycles. The highest BCUT2D eigenvalue weighted by molar-refractivity contribution is 6.12. The molecule has 0 bridgehead atoms. The van der Waals surface area contributed by atoms with E-state index in [2.05, 4.69) is 16.7 Å². The largest absolute Gasteiger partial charge is 0.309 e. The topological polar surface area (TPSA) is 33.6 Å². The van der Waals surface area contributed by atoms with Gasteiger partial charge in [0.15, 0.2) is 0 Å². The fourth-order valence-corrected chi connectivity index (χ4v) is 8.15. The van der Waals surface area contributed by atoms with Gasteiger partial charge in [-0.15, -0.1) is 0 Å². The highest BCUT2D eigenvalue weighted by Gasteiger charge is 2.20. The molecular weight excluding hydrogens is 703 g/mol. The van der Waals surface area contributed by atoms with Crippen LogP contribution >= 0.6 is 0 Å². The quantitative estimate of drug-likeness (QED) is 0.166. The second kappa shape index (κ2) is 13.7. The van der Waals surface area contributed by atoms with Crippen LogP contribution in [0.15, 0.2) is 212 Å². The molecule has 0 aliphatic heterocycles. The van der Waals surface area contributed by atoms with Crippen molar-refractivity contribution in [3.8, 4) is 62.0 Å². The van der Waals surface area contributed by atoms with Crippen LogP contribution in [0.1, 0.15) is 26.1 Å². The van der Waals surface area contributed by atoms with Crippen LogP contribution in [-0.4, -0.2) is 9.13 Å². The first-order valence-electron chi connectivity index (χ1n) is 25.9. The van der Waals surface area contributed by atoms with Crippen molar-refractivity contribution in [1.82, 2.24) is 9.13 Å². The molecule has 2 heterocycles. The summed E-state index contributed by atoms with van der Waals surface area (Å²) in [5.74, 6) is 0. The van der Waals surface area contributed by atoms with Crippen molar-refractivity contribution in [3.05, 3.63) is 218 Å². The minimum Gasteiger partial charge on any atom is -0.309 e. The van der Waals surface area contributed by atoms with Gasteiger partial charge < -0.3 is 9.13 Å². The fourth-order valence-electron chi connectivity index (χ4n) is 8.15. The lowest BCUT2D eigenvalue weighted by Gasteiger charge is -2.20. The third kappa shape index (κ3) is 5.43. The van der Waals surface area contributed by atoms with Gasteiger partial charge in [-0.05, 0) is 117 Å². The summed E-state index contributed by atoms with van der Waals surface area (Å²) < 4.78 is 136. The standard InChI is InChI=1S/C55H35N3/c56-36-37-27-29-53-49(31-37)45-23-10-12-25-51(45)58(53)44-28-30-54-50(35-44)46-24-11-13-26-52(46)57(54)43-22-14-21-41(32-43)55-47(39-17-6-2-7-18-39)33-42(38-15-4-1-5-16-38)34-48(55)40-19-8-3-9-20-40/h1-35H/i1D,2D,3D,4D,5D,6D,7D,8D,9D,15D,16D,17D,18D,19D,20D. The number of para-hydroxylation sites is 2. The van der Waals surface area contributed by atoms with Crippen molar-refractivity contribution >= 4 is 43.6 Å². The Morgan fingerprint density at radius 3 is 1.47 bits per heavy atom. The summed E-state index contributed by atoms with van der Waals surface area (Å²) in [6.07, 6.45) is 0. The molecule has 3 nitrogen and oxygen atoms in total. The first-order chi connectivity index (χ1) is 34.9. The van der Waals surface area contributed by atoms with Crippen molar-refractivity contribution in [2.45, 2.75) is 0 Å². The van der Waals surface area contributed by atoms with Gasteiger partial charge in [-0.25, -0.2) is 0 Å². The smallest absolute Gasteiger partial charge is 0.0991 e. The lowest BCUT2D eigenvalue weighted by Crippen LogP contribution is -1.97. The van der Waals surface area contributed by atoms with E-state index in [-0.39, 0.29) is 38.9 Å². The van der Waals surface area contributed by atoms with E-state index in [1.54, 1.807) is 24.3 Å². The van der Waals surface area contributed by atoms with Gasteiger partial charge in [0.05, 0.1) is 54.3 Å². The molecule has 0 N–H and O–H groups in total. The molecule has 0 radical (unpaired) electrons. The van der Waals surface area contributed by atoms with Crippen LogP contribution in [0, 0.1) is 11.3 Å². The lowest BCUT2D eigenvalue weighted by molar-refractivity contribution is 1.17. The molecule has 0 amide bonds. The second-order valence-corrected chi connectivity index (χ2v) is 13.7. The maximum Gasteiger partial charge on any atom is 0.0991 e. The minimum atomic E-state index is -0.689. The first-order valence-corrected chi connectivity index (χ1v) is 18.4. The van der Waals surface area contributed by atoms with E-state index in [1.165, 1.54) is 12.1 Å². The van der Waals surface area contributed by atoms with Crippen molar-refractivity contribution in [3.63, 3.8) is 0 Å². The molecule has 0 atom stereocenters. The number of rotatable bonds is 6. The Hall–Kier alpha value is -7.93. The van der Waals surface area contributed by atoms with Crippen LogP contribution in [0.2, 0.25) is 0 Å². The summed E-state index contributed by atoms with van der Waals surface area (Å²) >= 11 is 0. The molecule has 0 fully saturated rings. The number of nitrogens with zero attached hydrogens (tertiary/aromatic N) is 3. The molecular formula is C55H35N3. The van der Waals surface area contributed by atoms with E-state index in [9.17, 15) is 10.7 Å². The zero-order valence-electron chi connectivity index (χ0n) is 45.4. The van der Waals surface area contributed by atoms with Crippen LogP contribution in [-0.2, 0) is 0 Å². The van der Waals surface area contributed by atoms with Crippen molar-refractivity contribution in [2.24, 2.45) is 0 Å². The van der Waals surface area contributed by atoms with Crippen LogP contribution in [0.3, 0.4) is 0 Å². The molecule has 11 aromatic rings. The summed E-state index contributed by atoms with van der Waals surface area (Å²) in [7, 11) is 0. The molecule has 9 aromatic carbocycles. The van der Waals surface area contributed by atoms with E-state index in [0.29, 0.717) is 16.8 Å². The highest BCUT2D eigenvalue weighted by Crippen LogP contribution is 2.45. The molecule has 0 unspecified atom stereocenters. The Morgan fingerprint density at radius 1 is 0.379 bits per heavy atom. The molecule has 0 saturated carbocycles. The SMILES string of the molecule is [2H]c1c([2H])c([2H])c(-c2cc(-c3c([2H])c([2H])c([2H])c([2H])c3[2H])c(-c3cccc(-n4c5ccccc5c5cc(-n6c7ccccc7c7cc(C#N)ccc76)ccc54)c3)c(-c3c([2H])c([2H])c([2H])c([2H])c3[2H])c2)c([2H])c1[2H]. The van der Waals surface area contributed by atoms with Crippen molar-refractivity contribution in [1.29, 1.82) is 5.26 Å².